The first-order chi connectivity index (χ1) is 7.43. The molecule has 102 valence electrons. The SMILES string of the molecule is CNCC(=O)NC1CCC(C(F)(F)F)CC1.Cl. The molecule has 0 aromatic heterocycles. The summed E-state index contributed by atoms with van der Waals surface area (Å²) in [6.45, 7) is 0.208. The smallest absolute Gasteiger partial charge is 0.352 e. The van der Waals surface area contributed by atoms with E-state index in [9.17, 15) is 18.0 Å². The zero-order valence-electron chi connectivity index (χ0n) is 9.64. The fourth-order valence-electron chi connectivity index (χ4n) is 2.00. The number of hydrogen-bond acceptors (Lipinski definition) is 2. The third-order valence-electron chi connectivity index (χ3n) is 2.89. The van der Waals surface area contributed by atoms with E-state index in [-0.39, 0.29) is 43.7 Å². The fourth-order valence-corrected chi connectivity index (χ4v) is 2.00. The highest BCUT2D eigenvalue weighted by atomic mass is 35.5. The molecule has 1 aliphatic rings. The highest BCUT2D eigenvalue weighted by Gasteiger charge is 2.41. The van der Waals surface area contributed by atoms with E-state index in [1.807, 2.05) is 0 Å². The van der Waals surface area contributed by atoms with Gasteiger partial charge in [0.15, 0.2) is 0 Å². The Kier molecular flexibility index (Phi) is 6.85. The largest absolute Gasteiger partial charge is 0.391 e. The maximum Gasteiger partial charge on any atom is 0.391 e. The molecular weight excluding hydrogens is 257 g/mol. The number of likely N-dealkylation sites (N-methyl/N-ethyl adjacent to an activating group) is 1. The van der Waals surface area contributed by atoms with E-state index < -0.39 is 12.1 Å². The quantitative estimate of drug-likeness (QED) is 0.825. The molecule has 7 heteroatoms. The van der Waals surface area contributed by atoms with Gasteiger partial charge in [-0.2, -0.15) is 13.2 Å². The van der Waals surface area contributed by atoms with Crippen LogP contribution in [-0.4, -0.2) is 31.7 Å². The molecule has 17 heavy (non-hydrogen) atoms. The van der Waals surface area contributed by atoms with Crippen molar-refractivity contribution in [2.24, 2.45) is 5.92 Å². The van der Waals surface area contributed by atoms with Crippen LogP contribution in [0.25, 0.3) is 0 Å². The summed E-state index contributed by atoms with van der Waals surface area (Å²) < 4.78 is 37.1. The Balaban J connectivity index is 0.00000256. The molecule has 0 radical (unpaired) electrons. The van der Waals surface area contributed by atoms with Crippen molar-refractivity contribution < 1.29 is 18.0 Å². The summed E-state index contributed by atoms with van der Waals surface area (Å²) >= 11 is 0. The molecule has 0 bridgehead atoms. The normalized spacial score (nSPS) is 24.9. The predicted molar refractivity (Wildman–Crippen MR) is 61.1 cm³/mol. The van der Waals surface area contributed by atoms with Crippen molar-refractivity contribution in [1.29, 1.82) is 0 Å². The van der Waals surface area contributed by atoms with E-state index in [4.69, 9.17) is 0 Å². The van der Waals surface area contributed by atoms with E-state index in [1.54, 1.807) is 7.05 Å². The number of carbonyl (C=O) groups excluding carboxylic acids is 1. The molecule has 2 N–H and O–H groups in total. The minimum atomic E-state index is -4.08. The van der Waals surface area contributed by atoms with Crippen LogP contribution in [0.4, 0.5) is 13.2 Å². The van der Waals surface area contributed by atoms with Crippen LogP contribution in [0, 0.1) is 5.92 Å². The van der Waals surface area contributed by atoms with Gasteiger partial charge >= 0.3 is 6.18 Å². The lowest BCUT2D eigenvalue weighted by Crippen LogP contribution is -2.42. The van der Waals surface area contributed by atoms with Crippen LogP contribution in [0.2, 0.25) is 0 Å². The average molecular weight is 275 g/mol. The first-order valence-corrected chi connectivity index (χ1v) is 5.44. The Hall–Kier alpha value is -0.490. The minimum Gasteiger partial charge on any atom is -0.352 e. The third kappa shape index (κ3) is 5.59. The van der Waals surface area contributed by atoms with Gasteiger partial charge in [-0.3, -0.25) is 4.79 Å². The Morgan fingerprint density at radius 3 is 2.18 bits per heavy atom. The monoisotopic (exact) mass is 274 g/mol. The number of amides is 1. The summed E-state index contributed by atoms with van der Waals surface area (Å²) in [6.07, 6.45) is -3.01. The van der Waals surface area contributed by atoms with Gasteiger partial charge in [-0.1, -0.05) is 0 Å². The second-order valence-corrected chi connectivity index (χ2v) is 4.19. The molecule has 0 aromatic carbocycles. The number of alkyl halides is 3. The summed E-state index contributed by atoms with van der Waals surface area (Å²) in [4.78, 5) is 11.2. The molecule has 1 amide bonds. The summed E-state index contributed by atoms with van der Waals surface area (Å²) in [5.41, 5.74) is 0. The van der Waals surface area contributed by atoms with Gasteiger partial charge in [-0.05, 0) is 32.7 Å². The first-order valence-electron chi connectivity index (χ1n) is 5.44. The van der Waals surface area contributed by atoms with Crippen molar-refractivity contribution in [3.8, 4) is 0 Å². The number of halogens is 4. The van der Waals surface area contributed by atoms with E-state index in [0.717, 1.165) is 0 Å². The van der Waals surface area contributed by atoms with Gasteiger partial charge in [0, 0.05) is 6.04 Å². The molecule has 1 fully saturated rings. The Morgan fingerprint density at radius 2 is 1.76 bits per heavy atom. The van der Waals surface area contributed by atoms with Crippen LogP contribution in [0.1, 0.15) is 25.7 Å². The maximum absolute atomic E-state index is 12.4. The molecular formula is C10H18ClF3N2O. The van der Waals surface area contributed by atoms with Crippen molar-refractivity contribution in [2.45, 2.75) is 37.9 Å². The molecule has 0 spiro atoms. The lowest BCUT2D eigenvalue weighted by molar-refractivity contribution is -0.182. The highest BCUT2D eigenvalue weighted by Crippen LogP contribution is 2.37. The molecule has 0 atom stereocenters. The minimum absolute atomic E-state index is 0. The molecule has 0 aliphatic heterocycles. The second-order valence-electron chi connectivity index (χ2n) is 4.19. The van der Waals surface area contributed by atoms with Gasteiger partial charge in [-0.15, -0.1) is 12.4 Å². The van der Waals surface area contributed by atoms with Crippen LogP contribution in [0.15, 0.2) is 0 Å². The summed E-state index contributed by atoms with van der Waals surface area (Å²) in [5.74, 6) is -1.34. The summed E-state index contributed by atoms with van der Waals surface area (Å²) in [5, 5.41) is 5.42. The van der Waals surface area contributed by atoms with Crippen molar-refractivity contribution in [3.05, 3.63) is 0 Å². The van der Waals surface area contributed by atoms with Gasteiger partial charge in [0.25, 0.3) is 0 Å². The zero-order valence-corrected chi connectivity index (χ0v) is 10.5. The van der Waals surface area contributed by atoms with Gasteiger partial charge in [0.2, 0.25) is 5.91 Å². The van der Waals surface area contributed by atoms with Crippen molar-refractivity contribution in [2.75, 3.05) is 13.6 Å². The number of carbonyl (C=O) groups is 1. The zero-order chi connectivity index (χ0) is 12.2. The van der Waals surface area contributed by atoms with Crippen LogP contribution in [0.5, 0.6) is 0 Å². The molecule has 1 aliphatic carbocycles. The summed E-state index contributed by atoms with van der Waals surface area (Å²) in [6, 6.07) is -0.0977. The van der Waals surface area contributed by atoms with Gasteiger partial charge in [0.05, 0.1) is 12.5 Å². The lowest BCUT2D eigenvalue weighted by atomic mass is 9.85. The van der Waals surface area contributed by atoms with E-state index >= 15 is 0 Å². The standard InChI is InChI=1S/C10H17F3N2O.ClH/c1-14-6-9(16)15-8-4-2-7(3-5-8)10(11,12)13;/h7-8,14H,2-6H2,1H3,(H,15,16);1H. The van der Waals surface area contributed by atoms with Crippen LogP contribution in [0.3, 0.4) is 0 Å². The van der Waals surface area contributed by atoms with E-state index in [2.05, 4.69) is 10.6 Å². The van der Waals surface area contributed by atoms with Crippen molar-refractivity contribution in [3.63, 3.8) is 0 Å². The Bertz CT molecular complexity index is 240. The number of hydrogen-bond donors (Lipinski definition) is 2. The molecule has 0 saturated heterocycles. The van der Waals surface area contributed by atoms with Gasteiger partial charge in [0.1, 0.15) is 0 Å². The number of rotatable bonds is 3. The Labute approximate surface area is 105 Å². The number of nitrogens with one attached hydrogen (secondary N) is 2. The van der Waals surface area contributed by atoms with Gasteiger partial charge in [-0.25, -0.2) is 0 Å². The molecule has 0 heterocycles. The van der Waals surface area contributed by atoms with E-state index in [0.29, 0.717) is 12.8 Å². The molecule has 3 nitrogen and oxygen atoms in total. The lowest BCUT2D eigenvalue weighted by Gasteiger charge is -2.30. The average Bonchev–Trinajstić information content (AvgIpc) is 2.17. The molecule has 0 aromatic rings. The van der Waals surface area contributed by atoms with Crippen LogP contribution in [-0.2, 0) is 4.79 Å². The third-order valence-corrected chi connectivity index (χ3v) is 2.89. The molecule has 0 unspecified atom stereocenters. The van der Waals surface area contributed by atoms with Crippen molar-refractivity contribution in [1.82, 2.24) is 10.6 Å². The first kappa shape index (κ1) is 16.5. The molecule has 1 saturated carbocycles. The fraction of sp³-hybridized carbons (Fsp3) is 0.900. The van der Waals surface area contributed by atoms with Gasteiger partial charge < -0.3 is 10.6 Å². The van der Waals surface area contributed by atoms with Crippen LogP contribution < -0.4 is 10.6 Å². The predicted octanol–water partition coefficient (Wildman–Crippen LogP) is 1.86. The second kappa shape index (κ2) is 7.06. The molecule has 1 rings (SSSR count). The van der Waals surface area contributed by atoms with E-state index in [1.165, 1.54) is 0 Å². The topological polar surface area (TPSA) is 41.1 Å². The maximum atomic E-state index is 12.4. The van der Waals surface area contributed by atoms with Crippen molar-refractivity contribution >= 4 is 18.3 Å². The Morgan fingerprint density at radius 1 is 1.24 bits per heavy atom. The van der Waals surface area contributed by atoms with Crippen LogP contribution >= 0.6 is 12.4 Å². The summed E-state index contributed by atoms with van der Waals surface area (Å²) in [7, 11) is 1.65. The highest BCUT2D eigenvalue weighted by molar-refractivity contribution is 5.85.